The predicted octanol–water partition coefficient (Wildman–Crippen LogP) is 8.44. The molecule has 0 atom stereocenters. The van der Waals surface area contributed by atoms with Crippen molar-refractivity contribution in [2.75, 3.05) is 5.75 Å². The summed E-state index contributed by atoms with van der Waals surface area (Å²) >= 11 is 0. The second-order valence-corrected chi connectivity index (χ2v) is 9.34. The van der Waals surface area contributed by atoms with Crippen LogP contribution in [0.3, 0.4) is 0 Å². The molecule has 0 aliphatic heterocycles. The molecule has 1 N–H and O–H groups in total. The average molecular weight is 431 g/mol. The number of hydrogen-bond donors (Lipinski definition) is 1. The van der Waals surface area contributed by atoms with Crippen LogP contribution in [-0.2, 0) is 4.79 Å². The molecule has 0 saturated heterocycles. The van der Waals surface area contributed by atoms with Crippen molar-refractivity contribution in [1.29, 1.82) is 0 Å². The molecule has 29 heavy (non-hydrogen) atoms. The molecule has 2 aromatic rings. The van der Waals surface area contributed by atoms with Crippen LogP contribution in [-0.4, -0.2) is 16.8 Å². The topological polar surface area (TPSA) is 62.0 Å². The molecule has 0 amide bonds. The first-order valence-electron chi connectivity index (χ1n) is 10.3. The number of azo groups is 1. The van der Waals surface area contributed by atoms with Gasteiger partial charge in [0.15, 0.2) is 0 Å². The highest BCUT2D eigenvalue weighted by molar-refractivity contribution is 8.76. The molecule has 4 nitrogen and oxygen atoms in total. The summed E-state index contributed by atoms with van der Waals surface area (Å²) in [6, 6.07) is 17.9. The smallest absolute Gasteiger partial charge is 0.303 e. The van der Waals surface area contributed by atoms with Gasteiger partial charge in [0.25, 0.3) is 0 Å². The Morgan fingerprint density at radius 2 is 1.38 bits per heavy atom. The number of rotatable bonds is 15. The zero-order valence-corrected chi connectivity index (χ0v) is 18.5. The van der Waals surface area contributed by atoms with E-state index in [1.807, 2.05) is 59.3 Å². The lowest BCUT2D eigenvalue weighted by Crippen LogP contribution is -1.93. The zero-order chi connectivity index (χ0) is 20.6. The van der Waals surface area contributed by atoms with E-state index in [-0.39, 0.29) is 0 Å². The quantitative estimate of drug-likeness (QED) is 0.175. The third kappa shape index (κ3) is 11.1. The van der Waals surface area contributed by atoms with E-state index in [1.165, 1.54) is 32.1 Å². The highest BCUT2D eigenvalue weighted by Crippen LogP contribution is 2.38. The third-order valence-corrected chi connectivity index (χ3v) is 6.90. The molecule has 0 aliphatic rings. The van der Waals surface area contributed by atoms with Gasteiger partial charge in [0.1, 0.15) is 5.69 Å². The van der Waals surface area contributed by atoms with Crippen LogP contribution in [0.25, 0.3) is 0 Å². The van der Waals surface area contributed by atoms with Crippen LogP contribution in [0.1, 0.15) is 57.8 Å². The Hall–Kier alpha value is -1.79. The van der Waals surface area contributed by atoms with Crippen molar-refractivity contribution in [2.45, 2.75) is 62.7 Å². The fourth-order valence-corrected chi connectivity index (χ4v) is 5.09. The fourth-order valence-electron chi connectivity index (χ4n) is 2.82. The molecule has 0 saturated carbocycles. The standard InChI is InChI=1S/C23H30N2O2S2/c26-23(27)18-10-5-3-1-2-4-6-13-19-28-29-22-17-12-11-16-21(22)25-24-20-14-8-7-9-15-20/h7-9,11-12,14-17H,1-6,10,13,18-19H2,(H,26,27). The van der Waals surface area contributed by atoms with E-state index in [9.17, 15) is 4.79 Å². The highest BCUT2D eigenvalue weighted by atomic mass is 33.1. The predicted molar refractivity (Wildman–Crippen MR) is 125 cm³/mol. The van der Waals surface area contributed by atoms with E-state index in [4.69, 9.17) is 5.11 Å². The molecular formula is C23H30N2O2S2. The van der Waals surface area contributed by atoms with Crippen molar-refractivity contribution in [3.63, 3.8) is 0 Å². The Morgan fingerprint density at radius 3 is 2.10 bits per heavy atom. The maximum atomic E-state index is 10.4. The van der Waals surface area contributed by atoms with Crippen molar-refractivity contribution in [3.8, 4) is 0 Å². The number of nitrogens with zero attached hydrogens (tertiary/aromatic N) is 2. The molecular weight excluding hydrogens is 400 g/mol. The van der Waals surface area contributed by atoms with Crippen molar-refractivity contribution in [1.82, 2.24) is 0 Å². The molecule has 0 heterocycles. The minimum Gasteiger partial charge on any atom is -0.481 e. The van der Waals surface area contributed by atoms with Gasteiger partial charge < -0.3 is 5.11 Å². The van der Waals surface area contributed by atoms with E-state index >= 15 is 0 Å². The number of hydrogen-bond acceptors (Lipinski definition) is 5. The van der Waals surface area contributed by atoms with Crippen LogP contribution in [0.5, 0.6) is 0 Å². The SMILES string of the molecule is O=C(O)CCCCCCCCCCSSc1ccccc1N=Nc1ccccc1. The van der Waals surface area contributed by atoms with Crippen molar-refractivity contribution in [2.24, 2.45) is 10.2 Å². The second-order valence-electron chi connectivity index (χ2n) is 6.88. The normalized spacial score (nSPS) is 11.2. The summed E-state index contributed by atoms with van der Waals surface area (Å²) < 4.78 is 0. The van der Waals surface area contributed by atoms with Crippen LogP contribution in [0.15, 0.2) is 69.7 Å². The Labute approximate surface area is 182 Å². The zero-order valence-electron chi connectivity index (χ0n) is 16.8. The number of carbonyl (C=O) groups is 1. The van der Waals surface area contributed by atoms with Gasteiger partial charge in [-0.25, -0.2) is 0 Å². The number of aliphatic carboxylic acids is 1. The summed E-state index contributed by atoms with van der Waals surface area (Å²) in [7, 11) is 3.66. The van der Waals surface area contributed by atoms with Crippen LogP contribution >= 0.6 is 21.6 Å². The van der Waals surface area contributed by atoms with Crippen molar-refractivity contribution in [3.05, 3.63) is 54.6 Å². The average Bonchev–Trinajstić information content (AvgIpc) is 2.74. The van der Waals surface area contributed by atoms with Gasteiger partial charge >= 0.3 is 5.97 Å². The summed E-state index contributed by atoms with van der Waals surface area (Å²) in [5.74, 6) is 0.454. The minimum absolute atomic E-state index is 0.311. The number of carboxylic acid groups (broad SMARTS) is 1. The highest BCUT2D eigenvalue weighted by Gasteiger charge is 2.02. The fraction of sp³-hybridized carbons (Fsp3) is 0.435. The summed E-state index contributed by atoms with van der Waals surface area (Å²) in [6.45, 7) is 0. The van der Waals surface area contributed by atoms with Crippen molar-refractivity contribution >= 4 is 38.9 Å². The van der Waals surface area contributed by atoms with Gasteiger partial charge in [-0.15, -0.1) is 5.11 Å². The lowest BCUT2D eigenvalue weighted by molar-refractivity contribution is -0.137. The number of carboxylic acids is 1. The summed E-state index contributed by atoms with van der Waals surface area (Å²) in [4.78, 5) is 11.6. The maximum absolute atomic E-state index is 10.4. The van der Waals surface area contributed by atoms with Gasteiger partial charge in [0.05, 0.1) is 5.69 Å². The molecule has 0 spiro atoms. The lowest BCUT2D eigenvalue weighted by atomic mass is 10.1. The van der Waals surface area contributed by atoms with E-state index in [1.54, 1.807) is 10.8 Å². The Bertz CT molecular complexity index is 739. The molecule has 6 heteroatoms. The molecule has 0 unspecified atom stereocenters. The van der Waals surface area contributed by atoms with Crippen LogP contribution in [0, 0.1) is 0 Å². The number of benzene rings is 2. The molecule has 0 radical (unpaired) electrons. The molecule has 2 rings (SSSR count). The minimum atomic E-state index is -0.678. The molecule has 0 aromatic heterocycles. The van der Waals surface area contributed by atoms with Gasteiger partial charge in [-0.3, -0.25) is 4.79 Å². The third-order valence-electron chi connectivity index (χ3n) is 4.41. The molecule has 0 aliphatic carbocycles. The van der Waals surface area contributed by atoms with Crippen LogP contribution < -0.4 is 0 Å². The lowest BCUT2D eigenvalue weighted by Gasteiger charge is -2.04. The van der Waals surface area contributed by atoms with Gasteiger partial charge in [0, 0.05) is 17.1 Å². The second kappa shape index (κ2) is 15.1. The first-order chi connectivity index (χ1) is 14.3. The van der Waals surface area contributed by atoms with Gasteiger partial charge in [-0.05, 0) is 37.1 Å². The van der Waals surface area contributed by atoms with E-state index < -0.39 is 5.97 Å². The number of unbranched alkanes of at least 4 members (excludes halogenated alkanes) is 7. The molecule has 2 aromatic carbocycles. The van der Waals surface area contributed by atoms with Crippen LogP contribution in [0.4, 0.5) is 11.4 Å². The van der Waals surface area contributed by atoms with Gasteiger partial charge in [0.2, 0.25) is 0 Å². The monoisotopic (exact) mass is 430 g/mol. The van der Waals surface area contributed by atoms with Crippen LogP contribution in [0.2, 0.25) is 0 Å². The Kier molecular flexibility index (Phi) is 12.2. The maximum Gasteiger partial charge on any atom is 0.303 e. The molecule has 156 valence electrons. The van der Waals surface area contributed by atoms with E-state index in [2.05, 4.69) is 16.3 Å². The van der Waals surface area contributed by atoms with E-state index in [0.717, 1.165) is 41.3 Å². The summed E-state index contributed by atoms with van der Waals surface area (Å²) in [5, 5.41) is 17.3. The largest absolute Gasteiger partial charge is 0.481 e. The molecule has 0 bridgehead atoms. The first kappa shape index (κ1) is 23.5. The summed E-state index contributed by atoms with van der Waals surface area (Å²) in [5.41, 5.74) is 1.78. The summed E-state index contributed by atoms with van der Waals surface area (Å²) in [6.07, 6.45) is 9.57. The van der Waals surface area contributed by atoms with E-state index in [0.29, 0.717) is 6.42 Å². The Morgan fingerprint density at radius 1 is 0.759 bits per heavy atom. The Balaban J connectivity index is 1.56. The van der Waals surface area contributed by atoms with Gasteiger partial charge in [-0.1, -0.05) is 90.4 Å². The molecule has 0 fully saturated rings. The first-order valence-corrected chi connectivity index (χ1v) is 12.6. The van der Waals surface area contributed by atoms with Gasteiger partial charge in [-0.2, -0.15) is 5.11 Å². The van der Waals surface area contributed by atoms with Crippen molar-refractivity contribution < 1.29 is 9.90 Å².